The minimum Gasteiger partial charge on any atom is -0.504 e. The summed E-state index contributed by atoms with van der Waals surface area (Å²) >= 11 is 0. The molecule has 228 valence electrons. The van der Waals surface area contributed by atoms with Crippen LogP contribution >= 0.6 is 0 Å². The smallest absolute Gasteiger partial charge is 0.303 e. The predicted molar refractivity (Wildman–Crippen MR) is 164 cm³/mol. The second kappa shape index (κ2) is 15.2. The molecule has 4 atom stereocenters. The van der Waals surface area contributed by atoms with E-state index in [9.17, 15) is 14.7 Å². The number of benzene rings is 1. The molecule has 2 aliphatic carbocycles. The number of aliphatic carboxylic acids is 1. The number of hydrogen-bond acceptors (Lipinski definition) is 5. The molecular formula is C35H53NO5. The number of allylic oxidation sites excluding steroid dienone is 2. The number of ether oxygens (including phenoxy) is 1. The standard InChI is InChI=1S/C18H34O2.C17H19NO3/c1-2-3-4-5-6-7-8-9-10-11-12-13-14-15-16-17-18(19)20;1-18-7-6-17-10-3-5-13(20)16(17)21-15-12(19)4-2-9(14(15)17)8-11(10)18/h9-10H,2-8,11-17H2,1H3,(H,19,20);2,4,10-11,16,19H,3,5-8H2,1H3/b10-9-;/t;10-,11+,16-,17-/m.0/s1. The van der Waals surface area contributed by atoms with Crippen molar-refractivity contribution in [1.82, 2.24) is 4.90 Å². The number of rotatable bonds is 15. The second-order valence-corrected chi connectivity index (χ2v) is 12.8. The number of carbonyl (C=O) groups excluding carboxylic acids is 1. The number of Topliss-reactive ketones (excluding diaryl/α,β-unsaturated/α-hetero) is 1. The van der Waals surface area contributed by atoms with Crippen LogP contribution < -0.4 is 4.74 Å². The highest BCUT2D eigenvalue weighted by atomic mass is 16.5. The van der Waals surface area contributed by atoms with Crippen molar-refractivity contribution in [1.29, 1.82) is 0 Å². The van der Waals surface area contributed by atoms with E-state index in [2.05, 4.69) is 31.0 Å². The van der Waals surface area contributed by atoms with Gasteiger partial charge in [-0.05, 0) is 82.5 Å². The SMILES string of the molecule is CCCCCCCC/C=C\CCCCCCCC(=O)O.CN1CC[C@]23c4c5ccc(O)c4O[C@H]2C(=O)CC[C@H]3[C@H]1C5. The average molecular weight is 568 g/mol. The summed E-state index contributed by atoms with van der Waals surface area (Å²) in [6.07, 6.45) is 24.4. The van der Waals surface area contributed by atoms with Gasteiger partial charge >= 0.3 is 5.97 Å². The maximum Gasteiger partial charge on any atom is 0.303 e. The molecule has 1 saturated carbocycles. The molecule has 2 fully saturated rings. The Hall–Kier alpha value is -2.34. The minimum absolute atomic E-state index is 0.172. The zero-order valence-corrected chi connectivity index (χ0v) is 25.5. The van der Waals surface area contributed by atoms with E-state index in [1.54, 1.807) is 6.07 Å². The first kappa shape index (κ1) is 31.6. The van der Waals surface area contributed by atoms with Crippen molar-refractivity contribution >= 4 is 11.8 Å². The fraction of sp³-hybridized carbons (Fsp3) is 0.714. The van der Waals surface area contributed by atoms with Gasteiger partial charge in [-0.25, -0.2) is 0 Å². The first-order chi connectivity index (χ1) is 19.9. The van der Waals surface area contributed by atoms with Gasteiger partial charge in [0, 0.05) is 29.9 Å². The Morgan fingerprint density at radius 3 is 2.37 bits per heavy atom. The Kier molecular flexibility index (Phi) is 11.7. The van der Waals surface area contributed by atoms with Crippen LogP contribution in [0.5, 0.6) is 11.5 Å². The van der Waals surface area contributed by atoms with Crippen LogP contribution in [-0.4, -0.2) is 52.6 Å². The second-order valence-electron chi connectivity index (χ2n) is 12.8. The minimum atomic E-state index is -0.664. The van der Waals surface area contributed by atoms with Crippen LogP contribution in [0.25, 0.3) is 0 Å². The van der Waals surface area contributed by atoms with Crippen molar-refractivity contribution in [3.8, 4) is 11.5 Å². The molecule has 2 N–H and O–H groups in total. The Labute approximate surface area is 247 Å². The molecule has 6 heteroatoms. The largest absolute Gasteiger partial charge is 0.504 e. The van der Waals surface area contributed by atoms with Crippen LogP contribution in [0.2, 0.25) is 0 Å². The normalized spacial score (nSPS) is 25.9. The number of likely N-dealkylation sites (N-methyl/N-ethyl adjacent to an activating group) is 1. The Bertz CT molecular complexity index is 1050. The van der Waals surface area contributed by atoms with Gasteiger partial charge in [0.1, 0.15) is 0 Å². The average Bonchev–Trinajstić information content (AvgIpc) is 3.32. The number of nitrogens with zero attached hydrogens (tertiary/aromatic N) is 1. The molecular weight excluding hydrogens is 514 g/mol. The summed E-state index contributed by atoms with van der Waals surface area (Å²) in [5.41, 5.74) is 2.26. The summed E-state index contributed by atoms with van der Waals surface area (Å²) in [6.45, 7) is 3.26. The third-order valence-electron chi connectivity index (χ3n) is 10.0. The first-order valence-corrected chi connectivity index (χ1v) is 16.5. The van der Waals surface area contributed by atoms with Gasteiger partial charge in [-0.1, -0.05) is 76.5 Å². The summed E-state index contributed by atoms with van der Waals surface area (Å²) in [7, 11) is 2.20. The number of carbonyl (C=O) groups is 2. The zero-order valence-electron chi connectivity index (χ0n) is 25.5. The molecule has 1 aromatic carbocycles. The maximum atomic E-state index is 12.5. The summed E-state index contributed by atoms with van der Waals surface area (Å²) in [6, 6.07) is 4.26. The van der Waals surface area contributed by atoms with Crippen LogP contribution in [0.3, 0.4) is 0 Å². The molecule has 0 aromatic heterocycles. The molecule has 5 rings (SSSR count). The van der Waals surface area contributed by atoms with E-state index in [-0.39, 0.29) is 23.1 Å². The molecule has 6 nitrogen and oxygen atoms in total. The molecule has 2 aliphatic heterocycles. The van der Waals surface area contributed by atoms with E-state index in [0.717, 1.165) is 44.2 Å². The number of carboxylic acid groups (broad SMARTS) is 1. The quantitative estimate of drug-likeness (QED) is 0.167. The molecule has 1 spiro atoms. The molecule has 2 bridgehead atoms. The molecule has 0 amide bonds. The van der Waals surface area contributed by atoms with E-state index in [4.69, 9.17) is 9.84 Å². The van der Waals surface area contributed by atoms with E-state index in [0.29, 0.717) is 30.6 Å². The number of piperidine rings is 1. The first-order valence-electron chi connectivity index (χ1n) is 16.5. The van der Waals surface area contributed by atoms with E-state index in [1.807, 2.05) is 6.07 Å². The molecule has 2 heterocycles. The van der Waals surface area contributed by atoms with Gasteiger partial charge in [0.25, 0.3) is 0 Å². The third-order valence-corrected chi connectivity index (χ3v) is 10.0. The molecule has 1 aromatic rings. The number of ketones is 1. The number of aromatic hydroxyl groups is 1. The number of hydrogen-bond donors (Lipinski definition) is 2. The zero-order chi connectivity index (χ0) is 29.2. The van der Waals surface area contributed by atoms with Crippen LogP contribution in [-0.2, 0) is 21.4 Å². The van der Waals surface area contributed by atoms with Crippen LogP contribution in [0.4, 0.5) is 0 Å². The number of unbranched alkanes of at least 4 members (excludes halogenated alkanes) is 11. The van der Waals surface area contributed by atoms with Gasteiger partial charge in [0.05, 0.1) is 0 Å². The predicted octanol–water partition coefficient (Wildman–Crippen LogP) is 7.74. The molecule has 0 unspecified atom stereocenters. The molecule has 1 saturated heterocycles. The fourth-order valence-electron chi connectivity index (χ4n) is 7.87. The van der Waals surface area contributed by atoms with Gasteiger partial charge in [-0.3, -0.25) is 9.59 Å². The van der Waals surface area contributed by atoms with Crippen LogP contribution in [0, 0.1) is 5.92 Å². The molecule has 0 radical (unpaired) electrons. The summed E-state index contributed by atoms with van der Waals surface area (Å²) in [5, 5.41) is 18.7. The van der Waals surface area contributed by atoms with Gasteiger partial charge in [0.2, 0.25) is 0 Å². The third kappa shape index (κ3) is 7.36. The van der Waals surface area contributed by atoms with Crippen molar-refractivity contribution in [3.05, 3.63) is 35.4 Å². The van der Waals surface area contributed by atoms with Crippen LogP contribution in [0.15, 0.2) is 24.3 Å². The Balaban J connectivity index is 0.000000190. The number of carboxylic acids is 1. The fourth-order valence-corrected chi connectivity index (χ4v) is 7.87. The van der Waals surface area contributed by atoms with Crippen molar-refractivity contribution in [2.45, 2.75) is 140 Å². The number of phenolic OH excluding ortho intramolecular Hbond substituents is 1. The van der Waals surface area contributed by atoms with Gasteiger partial charge < -0.3 is 19.8 Å². The Morgan fingerprint density at radius 2 is 1.68 bits per heavy atom. The van der Waals surface area contributed by atoms with E-state index >= 15 is 0 Å². The Morgan fingerprint density at radius 1 is 1.02 bits per heavy atom. The van der Waals surface area contributed by atoms with Crippen molar-refractivity contribution in [2.24, 2.45) is 5.92 Å². The van der Waals surface area contributed by atoms with E-state index in [1.165, 1.54) is 76.2 Å². The van der Waals surface area contributed by atoms with Gasteiger partial charge in [-0.2, -0.15) is 0 Å². The molecule has 4 aliphatic rings. The van der Waals surface area contributed by atoms with E-state index < -0.39 is 5.97 Å². The number of phenols is 1. The van der Waals surface area contributed by atoms with Crippen molar-refractivity contribution < 1.29 is 24.5 Å². The van der Waals surface area contributed by atoms with Gasteiger partial charge in [-0.15, -0.1) is 0 Å². The molecule has 41 heavy (non-hydrogen) atoms. The van der Waals surface area contributed by atoms with Crippen LogP contribution in [0.1, 0.15) is 127 Å². The maximum absolute atomic E-state index is 12.5. The highest BCUT2D eigenvalue weighted by Gasteiger charge is 2.65. The van der Waals surface area contributed by atoms with Crippen molar-refractivity contribution in [2.75, 3.05) is 13.6 Å². The lowest BCUT2D eigenvalue weighted by Crippen LogP contribution is -2.65. The summed E-state index contributed by atoms with van der Waals surface area (Å²) in [4.78, 5) is 25.3. The highest BCUT2D eigenvalue weighted by Crippen LogP contribution is 2.62. The highest BCUT2D eigenvalue weighted by molar-refractivity contribution is 5.89. The summed E-state index contributed by atoms with van der Waals surface area (Å²) < 4.78 is 6.04. The monoisotopic (exact) mass is 567 g/mol. The lowest BCUT2D eigenvalue weighted by atomic mass is 9.52. The van der Waals surface area contributed by atoms with Gasteiger partial charge in [0.15, 0.2) is 23.4 Å². The lowest BCUT2D eigenvalue weighted by Gasteiger charge is -2.57. The summed E-state index contributed by atoms with van der Waals surface area (Å²) in [5.74, 6) is 0.831. The lowest BCUT2D eigenvalue weighted by molar-refractivity contribution is -0.138. The van der Waals surface area contributed by atoms with Crippen molar-refractivity contribution in [3.63, 3.8) is 0 Å². The number of likely N-dealkylation sites (tertiary alicyclic amines) is 1. The topological polar surface area (TPSA) is 87.1 Å².